The van der Waals surface area contributed by atoms with Crippen molar-refractivity contribution in [3.63, 3.8) is 0 Å². The molecule has 2 aromatic rings. The van der Waals surface area contributed by atoms with Gasteiger partial charge in [0.2, 0.25) is 0 Å². The summed E-state index contributed by atoms with van der Waals surface area (Å²) in [6, 6.07) is 10.8. The number of aromatic nitrogens is 1. The van der Waals surface area contributed by atoms with Gasteiger partial charge < -0.3 is 11.1 Å². The second-order valence-corrected chi connectivity index (χ2v) is 5.09. The van der Waals surface area contributed by atoms with E-state index >= 15 is 0 Å². The van der Waals surface area contributed by atoms with E-state index in [1.807, 2.05) is 18.2 Å². The summed E-state index contributed by atoms with van der Waals surface area (Å²) in [6.45, 7) is 0. The number of benzene rings is 1. The first kappa shape index (κ1) is 12.9. The molecule has 1 aromatic heterocycles. The Kier molecular flexibility index (Phi) is 3.89. The molecule has 1 aromatic carbocycles. The topological polar surface area (TPSA) is 74.7 Å². The maximum atomic E-state index is 8.86. The zero-order chi connectivity index (χ0) is 13.1. The number of nitrogens with zero attached hydrogens (tertiary/aromatic N) is 2. The summed E-state index contributed by atoms with van der Waals surface area (Å²) >= 11 is 8.05. The van der Waals surface area contributed by atoms with Crippen molar-refractivity contribution in [2.75, 3.05) is 11.1 Å². The molecule has 0 bridgehead atoms. The fourth-order valence-electron chi connectivity index (χ4n) is 1.36. The average Bonchev–Trinajstić information content (AvgIpc) is 2.35. The highest BCUT2D eigenvalue weighted by molar-refractivity contribution is 14.1. The van der Waals surface area contributed by atoms with Gasteiger partial charge in [0, 0.05) is 8.59 Å². The summed E-state index contributed by atoms with van der Waals surface area (Å²) < 4.78 is 0.970. The van der Waals surface area contributed by atoms with Crippen LogP contribution < -0.4 is 11.1 Å². The lowest BCUT2D eigenvalue weighted by Crippen LogP contribution is -2.00. The molecule has 6 heteroatoms. The van der Waals surface area contributed by atoms with Gasteiger partial charge in [0.05, 0.1) is 11.4 Å². The molecular formula is C12H8ClIN4. The van der Waals surface area contributed by atoms with E-state index in [1.54, 1.807) is 18.2 Å². The summed E-state index contributed by atoms with van der Waals surface area (Å²) in [5.74, 6) is 0.570. The Morgan fingerprint density at radius 2 is 2.11 bits per heavy atom. The molecule has 0 aliphatic carbocycles. The van der Waals surface area contributed by atoms with Crippen LogP contribution in [0.5, 0.6) is 0 Å². The van der Waals surface area contributed by atoms with Crippen molar-refractivity contribution in [2.24, 2.45) is 0 Å². The summed E-state index contributed by atoms with van der Waals surface area (Å²) in [5.41, 5.74) is 7.07. The van der Waals surface area contributed by atoms with E-state index in [9.17, 15) is 0 Å². The first-order chi connectivity index (χ1) is 8.60. The standard InChI is InChI=1S/C12H8ClIN4/c13-7-1-3-10(8(14)5-7)17-12-4-2-9(16)11(6-15)18-12/h1-5H,16H2,(H,17,18). The third-order valence-corrected chi connectivity index (χ3v) is 3.35. The largest absolute Gasteiger partial charge is 0.396 e. The van der Waals surface area contributed by atoms with Crippen LogP contribution in [-0.2, 0) is 0 Å². The zero-order valence-electron chi connectivity index (χ0n) is 9.11. The Morgan fingerprint density at radius 3 is 2.78 bits per heavy atom. The number of anilines is 3. The summed E-state index contributed by atoms with van der Waals surface area (Å²) in [5, 5.41) is 12.7. The number of nitriles is 1. The maximum Gasteiger partial charge on any atom is 0.165 e. The maximum absolute atomic E-state index is 8.86. The van der Waals surface area contributed by atoms with Gasteiger partial charge in [0.25, 0.3) is 0 Å². The lowest BCUT2D eigenvalue weighted by Gasteiger charge is -2.08. The molecule has 0 aliphatic heterocycles. The fraction of sp³-hybridized carbons (Fsp3) is 0. The van der Waals surface area contributed by atoms with E-state index in [1.165, 1.54) is 0 Å². The van der Waals surface area contributed by atoms with E-state index in [2.05, 4.69) is 32.9 Å². The molecule has 0 aliphatic rings. The molecule has 0 unspecified atom stereocenters. The molecule has 0 radical (unpaired) electrons. The number of rotatable bonds is 2. The molecule has 4 nitrogen and oxygen atoms in total. The molecule has 0 atom stereocenters. The van der Waals surface area contributed by atoms with Gasteiger partial charge in [-0.05, 0) is 52.9 Å². The Labute approximate surface area is 123 Å². The first-order valence-electron chi connectivity index (χ1n) is 4.99. The van der Waals surface area contributed by atoms with Crippen molar-refractivity contribution < 1.29 is 0 Å². The van der Waals surface area contributed by atoms with E-state index in [4.69, 9.17) is 22.6 Å². The predicted molar refractivity (Wildman–Crippen MR) is 80.8 cm³/mol. The van der Waals surface area contributed by atoms with Crippen LogP contribution in [0.15, 0.2) is 30.3 Å². The lowest BCUT2D eigenvalue weighted by molar-refractivity contribution is 1.26. The Balaban J connectivity index is 2.32. The normalized spacial score (nSPS) is 9.83. The first-order valence-corrected chi connectivity index (χ1v) is 6.44. The van der Waals surface area contributed by atoms with Crippen LogP contribution in [0, 0.1) is 14.9 Å². The predicted octanol–water partition coefficient (Wildman–Crippen LogP) is 3.54. The lowest BCUT2D eigenvalue weighted by atomic mass is 10.3. The van der Waals surface area contributed by atoms with Crippen molar-refractivity contribution in [3.8, 4) is 6.07 Å². The van der Waals surface area contributed by atoms with Crippen LogP contribution in [0.3, 0.4) is 0 Å². The second kappa shape index (κ2) is 5.42. The molecule has 0 saturated carbocycles. The van der Waals surface area contributed by atoms with Gasteiger partial charge in [-0.1, -0.05) is 11.6 Å². The molecule has 0 amide bonds. The molecule has 0 fully saturated rings. The smallest absolute Gasteiger partial charge is 0.165 e. The molecule has 0 saturated heterocycles. The van der Waals surface area contributed by atoms with Crippen molar-refractivity contribution in [3.05, 3.63) is 44.6 Å². The Hall–Kier alpha value is -1.52. The van der Waals surface area contributed by atoms with Gasteiger partial charge in [-0.3, -0.25) is 0 Å². The second-order valence-electron chi connectivity index (χ2n) is 3.50. The quantitative estimate of drug-likeness (QED) is 0.793. The van der Waals surface area contributed by atoms with Gasteiger partial charge in [-0.15, -0.1) is 0 Å². The minimum atomic E-state index is 0.212. The van der Waals surface area contributed by atoms with Gasteiger partial charge in [-0.25, -0.2) is 4.98 Å². The highest BCUT2D eigenvalue weighted by Gasteiger charge is 2.05. The summed E-state index contributed by atoms with van der Waals surface area (Å²) in [7, 11) is 0. The SMILES string of the molecule is N#Cc1nc(Nc2ccc(Cl)cc2I)ccc1N. The molecular weight excluding hydrogens is 363 g/mol. The van der Waals surface area contributed by atoms with Crippen molar-refractivity contribution in [2.45, 2.75) is 0 Å². The van der Waals surface area contributed by atoms with Crippen molar-refractivity contribution >= 4 is 51.4 Å². The molecule has 2 rings (SSSR count). The average molecular weight is 371 g/mol. The molecule has 90 valence electrons. The van der Waals surface area contributed by atoms with E-state index in [-0.39, 0.29) is 5.69 Å². The number of pyridine rings is 1. The van der Waals surface area contributed by atoms with Crippen molar-refractivity contribution in [1.82, 2.24) is 4.98 Å². The van der Waals surface area contributed by atoms with Gasteiger partial charge in [0.1, 0.15) is 11.9 Å². The number of nitrogen functional groups attached to an aromatic ring is 1. The summed E-state index contributed by atoms with van der Waals surface area (Å²) in [4.78, 5) is 4.12. The van der Waals surface area contributed by atoms with Gasteiger partial charge >= 0.3 is 0 Å². The van der Waals surface area contributed by atoms with E-state index in [0.717, 1.165) is 9.26 Å². The molecule has 0 spiro atoms. The van der Waals surface area contributed by atoms with Crippen LogP contribution in [0.1, 0.15) is 5.69 Å². The Bertz CT molecular complexity index is 636. The van der Waals surface area contributed by atoms with E-state index in [0.29, 0.717) is 16.5 Å². The number of halogens is 2. The van der Waals surface area contributed by atoms with Crippen LogP contribution in [0.4, 0.5) is 17.2 Å². The van der Waals surface area contributed by atoms with E-state index < -0.39 is 0 Å². The van der Waals surface area contributed by atoms with Crippen LogP contribution in [0.2, 0.25) is 5.02 Å². The Morgan fingerprint density at radius 1 is 1.33 bits per heavy atom. The number of nitrogens with two attached hydrogens (primary N) is 1. The van der Waals surface area contributed by atoms with Crippen LogP contribution in [0.25, 0.3) is 0 Å². The zero-order valence-corrected chi connectivity index (χ0v) is 12.0. The third-order valence-electron chi connectivity index (χ3n) is 2.23. The molecule has 3 N–H and O–H groups in total. The van der Waals surface area contributed by atoms with Crippen molar-refractivity contribution in [1.29, 1.82) is 5.26 Å². The van der Waals surface area contributed by atoms with Gasteiger partial charge in [-0.2, -0.15) is 5.26 Å². The van der Waals surface area contributed by atoms with Gasteiger partial charge in [0.15, 0.2) is 5.69 Å². The number of hydrogen-bond donors (Lipinski definition) is 2. The number of hydrogen-bond acceptors (Lipinski definition) is 4. The highest BCUT2D eigenvalue weighted by atomic mass is 127. The van der Waals surface area contributed by atoms with Crippen LogP contribution in [-0.4, -0.2) is 4.98 Å². The third kappa shape index (κ3) is 2.83. The fourth-order valence-corrected chi connectivity index (χ4v) is 2.36. The minimum absolute atomic E-state index is 0.212. The summed E-state index contributed by atoms with van der Waals surface area (Å²) in [6.07, 6.45) is 0. The highest BCUT2D eigenvalue weighted by Crippen LogP contribution is 2.25. The van der Waals surface area contributed by atoms with Crippen LogP contribution >= 0.6 is 34.2 Å². The minimum Gasteiger partial charge on any atom is -0.396 e. The monoisotopic (exact) mass is 370 g/mol. The molecule has 18 heavy (non-hydrogen) atoms. The number of nitrogens with one attached hydrogen (secondary N) is 1. The molecule has 1 heterocycles.